The van der Waals surface area contributed by atoms with Gasteiger partial charge < -0.3 is 19.7 Å². The highest BCUT2D eigenvalue weighted by molar-refractivity contribution is 5.82. The molecule has 3 rings (SSSR count). The number of amides is 1. The summed E-state index contributed by atoms with van der Waals surface area (Å²) in [6.07, 6.45) is 1.83. The maximum absolute atomic E-state index is 12.3. The molecule has 1 aromatic carbocycles. The minimum absolute atomic E-state index is 0.108. The molecule has 0 radical (unpaired) electrons. The van der Waals surface area contributed by atoms with Gasteiger partial charge in [0.25, 0.3) is 5.91 Å². The van der Waals surface area contributed by atoms with Crippen molar-refractivity contribution in [3.63, 3.8) is 0 Å². The number of nitrogens with one attached hydrogen (secondary N) is 1. The molecule has 2 heterocycles. The van der Waals surface area contributed by atoms with Crippen molar-refractivity contribution in [3.05, 3.63) is 53.7 Å². The van der Waals surface area contributed by atoms with Gasteiger partial charge in [-0.05, 0) is 37.4 Å². The van der Waals surface area contributed by atoms with Gasteiger partial charge in [0.1, 0.15) is 12.4 Å². The largest absolute Gasteiger partial charge is 0.480 e. The van der Waals surface area contributed by atoms with E-state index in [0.29, 0.717) is 25.5 Å². The van der Waals surface area contributed by atoms with Crippen LogP contribution in [0.4, 0.5) is 0 Å². The Balaban J connectivity index is 1.49. The number of nitrogens with zero attached hydrogens (tertiary/aromatic N) is 2. The molecule has 1 aliphatic heterocycles. The molecule has 1 amide bonds. The van der Waals surface area contributed by atoms with E-state index < -0.39 is 6.10 Å². The van der Waals surface area contributed by atoms with E-state index in [-0.39, 0.29) is 5.91 Å². The lowest BCUT2D eigenvalue weighted by molar-refractivity contribution is -0.127. The lowest BCUT2D eigenvalue weighted by atomic mass is 10.1. The van der Waals surface area contributed by atoms with Crippen LogP contribution in [0.1, 0.15) is 11.1 Å². The van der Waals surface area contributed by atoms with Gasteiger partial charge in [0, 0.05) is 31.8 Å². The number of hydrogen-bond acceptors (Lipinski definition) is 5. The first-order valence-corrected chi connectivity index (χ1v) is 8.36. The Morgan fingerprint density at radius 2 is 2.20 bits per heavy atom. The van der Waals surface area contributed by atoms with Crippen LogP contribution in [-0.4, -0.2) is 49.1 Å². The smallest absolute Gasteiger partial charge is 0.261 e. The van der Waals surface area contributed by atoms with Gasteiger partial charge >= 0.3 is 0 Å². The van der Waals surface area contributed by atoms with Crippen molar-refractivity contribution in [2.45, 2.75) is 19.1 Å². The van der Waals surface area contributed by atoms with E-state index in [2.05, 4.69) is 10.3 Å². The number of ether oxygens (including phenoxy) is 2. The molecule has 25 heavy (non-hydrogen) atoms. The first kappa shape index (κ1) is 17.2. The van der Waals surface area contributed by atoms with Gasteiger partial charge in [-0.15, -0.1) is 0 Å². The lowest BCUT2D eigenvalue weighted by Crippen LogP contribution is -2.37. The van der Waals surface area contributed by atoms with Crippen LogP contribution in [0.3, 0.4) is 0 Å². The topological polar surface area (TPSA) is 63.7 Å². The number of pyridine rings is 1. The van der Waals surface area contributed by atoms with Crippen LogP contribution >= 0.6 is 0 Å². The van der Waals surface area contributed by atoms with Crippen molar-refractivity contribution in [1.29, 1.82) is 0 Å². The van der Waals surface area contributed by atoms with Gasteiger partial charge in [0.2, 0.25) is 5.88 Å². The Kier molecular flexibility index (Phi) is 5.50. The van der Waals surface area contributed by atoms with E-state index >= 15 is 0 Å². The van der Waals surface area contributed by atoms with Crippen molar-refractivity contribution in [2.24, 2.45) is 0 Å². The summed E-state index contributed by atoms with van der Waals surface area (Å²) in [7, 11) is 3.98. The molecule has 132 valence electrons. The minimum atomic E-state index is -0.463. The predicted octanol–water partition coefficient (Wildman–Crippen LogP) is 1.64. The molecular formula is C19H23N3O3. The molecule has 6 heteroatoms. The van der Waals surface area contributed by atoms with Crippen LogP contribution in [0.2, 0.25) is 0 Å². The zero-order chi connectivity index (χ0) is 17.6. The predicted molar refractivity (Wildman–Crippen MR) is 94.7 cm³/mol. The molecule has 0 aliphatic carbocycles. The average Bonchev–Trinajstić information content (AvgIpc) is 3.04. The van der Waals surface area contributed by atoms with E-state index in [0.717, 1.165) is 23.4 Å². The summed E-state index contributed by atoms with van der Waals surface area (Å²) in [6, 6.07) is 11.5. The van der Waals surface area contributed by atoms with Crippen molar-refractivity contribution in [2.75, 3.05) is 27.2 Å². The number of likely N-dealkylation sites (N-methyl/N-ethyl adjacent to an activating group) is 1. The zero-order valence-electron chi connectivity index (χ0n) is 14.6. The van der Waals surface area contributed by atoms with E-state index in [4.69, 9.17) is 9.47 Å². The van der Waals surface area contributed by atoms with Crippen LogP contribution in [0.25, 0.3) is 0 Å². The number of carbonyl (C=O) groups excluding carboxylic acids is 1. The minimum Gasteiger partial charge on any atom is -0.480 e. The molecule has 1 aliphatic rings. The third-order valence-corrected chi connectivity index (χ3v) is 3.99. The lowest BCUT2D eigenvalue weighted by Gasteiger charge is -2.13. The quantitative estimate of drug-likeness (QED) is 0.829. The SMILES string of the molecule is CN(C)CCOc1cc(CNC(=O)C2Cc3ccccc3O2)ccn1. The van der Waals surface area contributed by atoms with Gasteiger partial charge in [-0.3, -0.25) is 4.79 Å². The fourth-order valence-electron chi connectivity index (χ4n) is 2.60. The van der Waals surface area contributed by atoms with Gasteiger partial charge in [-0.2, -0.15) is 0 Å². The molecular weight excluding hydrogens is 318 g/mol. The van der Waals surface area contributed by atoms with Crippen molar-refractivity contribution in [3.8, 4) is 11.6 Å². The van der Waals surface area contributed by atoms with E-state index in [1.165, 1.54) is 0 Å². The summed E-state index contributed by atoms with van der Waals surface area (Å²) in [5, 5.41) is 2.92. The fourth-order valence-corrected chi connectivity index (χ4v) is 2.60. The second-order valence-corrected chi connectivity index (χ2v) is 6.29. The fraction of sp³-hybridized carbons (Fsp3) is 0.368. The summed E-state index contributed by atoms with van der Waals surface area (Å²) in [4.78, 5) is 18.6. The third-order valence-electron chi connectivity index (χ3n) is 3.99. The molecule has 1 aromatic heterocycles. The molecule has 2 aromatic rings. The molecule has 6 nitrogen and oxygen atoms in total. The van der Waals surface area contributed by atoms with E-state index in [1.807, 2.05) is 55.4 Å². The summed E-state index contributed by atoms with van der Waals surface area (Å²) in [5.74, 6) is 1.25. The number of aromatic nitrogens is 1. The van der Waals surface area contributed by atoms with Crippen LogP contribution in [0.15, 0.2) is 42.6 Å². The molecule has 0 saturated heterocycles. The maximum atomic E-state index is 12.3. The van der Waals surface area contributed by atoms with Crippen LogP contribution in [-0.2, 0) is 17.8 Å². The Morgan fingerprint density at radius 3 is 3.00 bits per heavy atom. The highest BCUT2D eigenvalue weighted by Crippen LogP contribution is 2.28. The standard InChI is InChI=1S/C19H23N3O3/c1-22(2)9-10-24-18-11-14(7-8-20-18)13-21-19(23)17-12-15-5-3-4-6-16(15)25-17/h3-8,11,17H,9-10,12-13H2,1-2H3,(H,21,23). The zero-order valence-corrected chi connectivity index (χ0v) is 14.6. The molecule has 0 bridgehead atoms. The highest BCUT2D eigenvalue weighted by Gasteiger charge is 2.28. The van der Waals surface area contributed by atoms with Gasteiger partial charge in [0.05, 0.1) is 0 Å². The first-order chi connectivity index (χ1) is 12.1. The summed E-state index contributed by atoms with van der Waals surface area (Å²) < 4.78 is 11.3. The summed E-state index contributed by atoms with van der Waals surface area (Å²) in [6.45, 7) is 1.81. The molecule has 1 N–H and O–H groups in total. The first-order valence-electron chi connectivity index (χ1n) is 8.36. The van der Waals surface area contributed by atoms with Crippen molar-refractivity contribution < 1.29 is 14.3 Å². The van der Waals surface area contributed by atoms with Gasteiger partial charge in [-0.1, -0.05) is 18.2 Å². The van der Waals surface area contributed by atoms with Gasteiger partial charge in [-0.25, -0.2) is 4.98 Å². The van der Waals surface area contributed by atoms with Crippen LogP contribution < -0.4 is 14.8 Å². The molecule has 0 fully saturated rings. The Morgan fingerprint density at radius 1 is 1.36 bits per heavy atom. The highest BCUT2D eigenvalue weighted by atomic mass is 16.5. The van der Waals surface area contributed by atoms with E-state index in [9.17, 15) is 4.79 Å². The normalized spacial score (nSPS) is 15.6. The molecule has 1 atom stereocenters. The molecule has 0 saturated carbocycles. The second kappa shape index (κ2) is 7.98. The third kappa shape index (κ3) is 4.70. The Labute approximate surface area is 147 Å². The number of rotatable bonds is 7. The number of hydrogen-bond donors (Lipinski definition) is 1. The van der Waals surface area contributed by atoms with Gasteiger partial charge in [0.15, 0.2) is 6.10 Å². The number of carbonyl (C=O) groups is 1. The molecule has 0 spiro atoms. The molecule has 1 unspecified atom stereocenters. The maximum Gasteiger partial charge on any atom is 0.261 e. The van der Waals surface area contributed by atoms with Crippen LogP contribution in [0.5, 0.6) is 11.6 Å². The number of fused-ring (bicyclic) bond motifs is 1. The monoisotopic (exact) mass is 341 g/mol. The van der Waals surface area contributed by atoms with E-state index in [1.54, 1.807) is 6.20 Å². The van der Waals surface area contributed by atoms with Crippen molar-refractivity contribution in [1.82, 2.24) is 15.2 Å². The Bertz CT molecular complexity index is 708. The number of para-hydroxylation sites is 1. The summed E-state index contributed by atoms with van der Waals surface area (Å²) in [5.41, 5.74) is 2.02. The Hall–Kier alpha value is -2.60. The van der Waals surface area contributed by atoms with Crippen molar-refractivity contribution >= 4 is 5.91 Å². The second-order valence-electron chi connectivity index (χ2n) is 6.29. The van der Waals surface area contributed by atoms with Crippen LogP contribution in [0, 0.1) is 0 Å². The summed E-state index contributed by atoms with van der Waals surface area (Å²) >= 11 is 0. The average molecular weight is 341 g/mol. The number of benzene rings is 1.